The van der Waals surface area contributed by atoms with Crippen LogP contribution < -0.4 is 5.32 Å². The number of ether oxygens (including phenoxy) is 1. The van der Waals surface area contributed by atoms with Crippen molar-refractivity contribution >= 4 is 5.91 Å². The molecule has 0 fully saturated rings. The van der Waals surface area contributed by atoms with Crippen LogP contribution >= 0.6 is 0 Å². The van der Waals surface area contributed by atoms with Crippen molar-refractivity contribution < 1.29 is 9.53 Å². The molecule has 1 rings (SSSR count). The fraction of sp³-hybridized carbons (Fsp3) is 0.500. The van der Waals surface area contributed by atoms with Crippen LogP contribution in [0.2, 0.25) is 0 Å². The predicted molar refractivity (Wildman–Crippen MR) is 72.4 cm³/mol. The normalized spacial score (nSPS) is 14.3. The highest BCUT2D eigenvalue weighted by Crippen LogP contribution is 2.20. The summed E-state index contributed by atoms with van der Waals surface area (Å²) in [4.78, 5) is 13.7. The Morgan fingerprint density at radius 1 is 1.33 bits per heavy atom. The third kappa shape index (κ3) is 4.13. The third-order valence-electron chi connectivity index (χ3n) is 2.72. The number of benzene rings is 1. The van der Waals surface area contributed by atoms with Gasteiger partial charge in [0.05, 0.1) is 18.7 Å². The Kier molecular flexibility index (Phi) is 5.31. The van der Waals surface area contributed by atoms with Gasteiger partial charge < -0.3 is 15.0 Å². The summed E-state index contributed by atoms with van der Waals surface area (Å²) in [5, 5.41) is 3.04. The molecular weight excluding hydrogens is 228 g/mol. The van der Waals surface area contributed by atoms with Crippen molar-refractivity contribution in [3.8, 4) is 0 Å². The van der Waals surface area contributed by atoms with E-state index in [1.54, 1.807) is 7.11 Å². The van der Waals surface area contributed by atoms with Crippen molar-refractivity contribution in [2.24, 2.45) is 0 Å². The molecule has 0 aromatic heterocycles. The van der Waals surface area contributed by atoms with E-state index in [-0.39, 0.29) is 5.91 Å². The zero-order valence-electron chi connectivity index (χ0n) is 11.6. The lowest BCUT2D eigenvalue weighted by Gasteiger charge is -2.31. The van der Waals surface area contributed by atoms with Crippen LogP contribution in [0.1, 0.15) is 12.5 Å². The zero-order valence-corrected chi connectivity index (χ0v) is 11.6. The molecule has 1 N–H and O–H groups in total. The molecule has 0 saturated carbocycles. The van der Waals surface area contributed by atoms with E-state index in [4.69, 9.17) is 4.74 Å². The van der Waals surface area contributed by atoms with Crippen LogP contribution in [0.3, 0.4) is 0 Å². The van der Waals surface area contributed by atoms with Gasteiger partial charge in [-0.2, -0.15) is 0 Å². The molecule has 0 unspecified atom stereocenters. The van der Waals surface area contributed by atoms with Crippen molar-refractivity contribution in [3.05, 3.63) is 35.9 Å². The van der Waals surface area contributed by atoms with E-state index in [9.17, 15) is 4.79 Å². The number of hydrogen-bond donors (Lipinski definition) is 1. The number of nitrogens with one attached hydrogen (secondary N) is 1. The Morgan fingerprint density at radius 2 is 1.94 bits per heavy atom. The van der Waals surface area contributed by atoms with E-state index in [1.807, 2.05) is 56.3 Å². The minimum atomic E-state index is -0.497. The third-order valence-corrected chi connectivity index (χ3v) is 2.72. The van der Waals surface area contributed by atoms with Crippen molar-refractivity contribution in [2.45, 2.75) is 12.5 Å². The van der Waals surface area contributed by atoms with Crippen molar-refractivity contribution in [2.75, 3.05) is 34.4 Å². The van der Waals surface area contributed by atoms with Crippen LogP contribution in [0, 0.1) is 0 Å². The predicted octanol–water partition coefficient (Wildman–Crippen LogP) is 1.23. The number of rotatable bonds is 6. The molecule has 0 aliphatic carbocycles. The van der Waals surface area contributed by atoms with Gasteiger partial charge in [0.1, 0.15) is 0 Å². The molecule has 1 amide bonds. The van der Waals surface area contributed by atoms with Gasteiger partial charge in [0, 0.05) is 7.11 Å². The molecule has 4 nitrogen and oxygen atoms in total. The van der Waals surface area contributed by atoms with Gasteiger partial charge in [-0.05, 0) is 26.6 Å². The Labute approximate surface area is 109 Å². The first-order valence-electron chi connectivity index (χ1n) is 5.98. The van der Waals surface area contributed by atoms with Crippen LogP contribution in [0.4, 0.5) is 0 Å². The standard InChI is InChI=1S/C14H22N2O2/c1-14(11-18-4,12-8-6-5-7-9-12)15-13(17)10-16(2)3/h5-9H,10-11H2,1-4H3,(H,15,17)/t14-/m1/s1. The first kappa shape index (κ1) is 14.7. The Hall–Kier alpha value is -1.39. The molecular formula is C14H22N2O2. The van der Waals surface area contributed by atoms with E-state index in [2.05, 4.69) is 5.32 Å². The molecule has 1 atom stereocenters. The maximum Gasteiger partial charge on any atom is 0.234 e. The smallest absolute Gasteiger partial charge is 0.234 e. The number of nitrogens with zero attached hydrogens (tertiary/aromatic N) is 1. The highest BCUT2D eigenvalue weighted by Gasteiger charge is 2.28. The highest BCUT2D eigenvalue weighted by atomic mass is 16.5. The van der Waals surface area contributed by atoms with Gasteiger partial charge in [0.2, 0.25) is 5.91 Å². The van der Waals surface area contributed by atoms with Crippen LogP contribution in [0.25, 0.3) is 0 Å². The van der Waals surface area contributed by atoms with E-state index < -0.39 is 5.54 Å². The molecule has 0 radical (unpaired) electrons. The molecule has 0 saturated heterocycles. The topological polar surface area (TPSA) is 41.6 Å². The van der Waals surface area contributed by atoms with E-state index in [0.29, 0.717) is 13.2 Å². The molecule has 0 bridgehead atoms. The summed E-state index contributed by atoms with van der Waals surface area (Å²) in [5.74, 6) is -0.0107. The summed E-state index contributed by atoms with van der Waals surface area (Å²) < 4.78 is 5.24. The van der Waals surface area contributed by atoms with Crippen LogP contribution in [0.15, 0.2) is 30.3 Å². The second-order valence-corrected chi connectivity index (χ2v) is 4.92. The molecule has 0 spiro atoms. The number of methoxy groups -OCH3 is 1. The lowest BCUT2D eigenvalue weighted by Crippen LogP contribution is -2.49. The number of likely N-dealkylation sites (N-methyl/N-ethyl adjacent to an activating group) is 1. The average Bonchev–Trinajstić information content (AvgIpc) is 2.29. The molecule has 1 aromatic carbocycles. The highest BCUT2D eigenvalue weighted by molar-refractivity contribution is 5.79. The van der Waals surface area contributed by atoms with Crippen molar-refractivity contribution in [1.82, 2.24) is 10.2 Å². The molecule has 0 aliphatic heterocycles. The minimum Gasteiger partial charge on any atom is -0.382 e. The van der Waals surface area contributed by atoms with Gasteiger partial charge in [-0.1, -0.05) is 30.3 Å². The number of carbonyl (C=O) groups excluding carboxylic acids is 1. The summed E-state index contributed by atoms with van der Waals surface area (Å²) in [6.07, 6.45) is 0. The lowest BCUT2D eigenvalue weighted by atomic mass is 9.93. The second-order valence-electron chi connectivity index (χ2n) is 4.92. The summed E-state index contributed by atoms with van der Waals surface area (Å²) >= 11 is 0. The monoisotopic (exact) mass is 250 g/mol. The molecule has 0 aliphatic rings. The summed E-state index contributed by atoms with van der Waals surface area (Å²) in [5.41, 5.74) is 0.544. The maximum atomic E-state index is 11.9. The van der Waals surface area contributed by atoms with Gasteiger partial charge >= 0.3 is 0 Å². The summed E-state index contributed by atoms with van der Waals surface area (Å²) in [6.45, 7) is 2.78. The van der Waals surface area contributed by atoms with E-state index >= 15 is 0 Å². The van der Waals surface area contributed by atoms with Crippen LogP contribution in [0.5, 0.6) is 0 Å². The molecule has 0 heterocycles. The Bertz CT molecular complexity index is 379. The van der Waals surface area contributed by atoms with Gasteiger partial charge in [-0.3, -0.25) is 4.79 Å². The summed E-state index contributed by atoms with van der Waals surface area (Å²) in [7, 11) is 5.38. The Balaban J connectivity index is 2.84. The first-order valence-corrected chi connectivity index (χ1v) is 5.98. The van der Waals surface area contributed by atoms with Crippen molar-refractivity contribution in [1.29, 1.82) is 0 Å². The first-order chi connectivity index (χ1) is 8.48. The second kappa shape index (κ2) is 6.52. The van der Waals surface area contributed by atoms with Crippen molar-refractivity contribution in [3.63, 3.8) is 0 Å². The quantitative estimate of drug-likeness (QED) is 0.825. The van der Waals surface area contributed by atoms with Gasteiger partial charge in [-0.25, -0.2) is 0 Å². The van der Waals surface area contributed by atoms with Gasteiger partial charge in [-0.15, -0.1) is 0 Å². The van der Waals surface area contributed by atoms with E-state index in [0.717, 1.165) is 5.56 Å². The largest absolute Gasteiger partial charge is 0.382 e. The SMILES string of the molecule is COC[C@@](C)(NC(=O)CN(C)C)c1ccccc1. The average molecular weight is 250 g/mol. The zero-order chi connectivity index (χ0) is 13.6. The van der Waals surface area contributed by atoms with Crippen LogP contribution in [-0.4, -0.2) is 45.2 Å². The molecule has 1 aromatic rings. The number of hydrogen-bond acceptors (Lipinski definition) is 3. The minimum absolute atomic E-state index is 0.0107. The van der Waals surface area contributed by atoms with Crippen LogP contribution in [-0.2, 0) is 15.1 Å². The maximum absolute atomic E-state index is 11.9. The molecule has 100 valence electrons. The number of amides is 1. The van der Waals surface area contributed by atoms with Gasteiger partial charge in [0.25, 0.3) is 0 Å². The van der Waals surface area contributed by atoms with E-state index in [1.165, 1.54) is 0 Å². The fourth-order valence-corrected chi connectivity index (χ4v) is 1.92. The van der Waals surface area contributed by atoms with Gasteiger partial charge in [0.15, 0.2) is 0 Å². The lowest BCUT2D eigenvalue weighted by molar-refractivity contribution is -0.124. The summed E-state index contributed by atoms with van der Waals surface area (Å²) in [6, 6.07) is 9.87. The Morgan fingerprint density at radius 3 is 2.44 bits per heavy atom. The molecule has 18 heavy (non-hydrogen) atoms. The fourth-order valence-electron chi connectivity index (χ4n) is 1.92. The molecule has 4 heteroatoms. The number of carbonyl (C=O) groups is 1.